The van der Waals surface area contributed by atoms with Crippen LogP contribution in [-0.2, 0) is 22.5 Å². The molecule has 0 aromatic heterocycles. The van der Waals surface area contributed by atoms with E-state index in [4.69, 9.17) is 28.4 Å². The molecular weight excluding hydrogens is 490 g/mol. The van der Waals surface area contributed by atoms with Crippen LogP contribution >= 0.6 is 0 Å². The van der Waals surface area contributed by atoms with Gasteiger partial charge in [-0.1, -0.05) is 48.6 Å². The van der Waals surface area contributed by atoms with Crippen molar-refractivity contribution in [2.75, 3.05) is 34.7 Å². The molecule has 3 aromatic rings. The molecule has 9 nitrogen and oxygen atoms in total. The van der Waals surface area contributed by atoms with Gasteiger partial charge in [0, 0.05) is 6.54 Å². The van der Waals surface area contributed by atoms with E-state index in [1.807, 2.05) is 48.5 Å². The summed E-state index contributed by atoms with van der Waals surface area (Å²) in [4.78, 5) is 24.8. The predicted molar refractivity (Wildman–Crippen MR) is 141 cm³/mol. The molecule has 9 heteroatoms. The van der Waals surface area contributed by atoms with Crippen LogP contribution in [-0.4, -0.2) is 46.7 Å². The van der Waals surface area contributed by atoms with Gasteiger partial charge in [-0.05, 0) is 46.9 Å². The molecule has 1 heterocycles. The van der Waals surface area contributed by atoms with Crippen LogP contribution in [0.25, 0.3) is 12.2 Å². The number of esters is 1. The van der Waals surface area contributed by atoms with Crippen molar-refractivity contribution in [2.24, 2.45) is 0 Å². The molecule has 0 unspecified atom stereocenters. The lowest BCUT2D eigenvalue weighted by atomic mass is 10.00. The van der Waals surface area contributed by atoms with Crippen LogP contribution in [0.3, 0.4) is 0 Å². The number of hydrogen-bond acceptors (Lipinski definition) is 8. The first-order valence-corrected chi connectivity index (χ1v) is 11.9. The van der Waals surface area contributed by atoms with Gasteiger partial charge in [0.05, 0.1) is 21.3 Å². The lowest BCUT2D eigenvalue weighted by molar-refractivity contribution is 0.0596. The molecule has 3 aromatic carbocycles. The molecule has 1 N–H and O–H groups in total. The van der Waals surface area contributed by atoms with Gasteiger partial charge in [0.15, 0.2) is 23.0 Å². The van der Waals surface area contributed by atoms with Crippen molar-refractivity contribution < 1.29 is 38.0 Å². The standard InChI is InChI=1S/C29H29NO8/c1-33-23-12-11-20(26(27(23)34-2)28(31)35-3)9-10-21-15-24-25(38-18-37-24)16-22(21)13-14-30-29(32)36-17-19-7-5-4-6-8-19/h4-12,15-16H,13-14,17-18H2,1-3H3,(H,30,32)/b10-9+. The molecule has 0 aliphatic carbocycles. The second-order valence-electron chi connectivity index (χ2n) is 8.23. The minimum atomic E-state index is -0.551. The van der Waals surface area contributed by atoms with Crippen LogP contribution < -0.4 is 24.3 Å². The minimum absolute atomic E-state index is 0.133. The fraction of sp³-hybridized carbons (Fsp3) is 0.241. The van der Waals surface area contributed by atoms with Gasteiger partial charge in [0.1, 0.15) is 12.2 Å². The predicted octanol–water partition coefficient (Wildman–Crippen LogP) is 4.86. The normalized spacial score (nSPS) is 11.8. The summed E-state index contributed by atoms with van der Waals surface area (Å²) >= 11 is 0. The summed E-state index contributed by atoms with van der Waals surface area (Å²) in [5, 5.41) is 2.78. The highest BCUT2D eigenvalue weighted by Gasteiger charge is 2.21. The maximum Gasteiger partial charge on any atom is 0.407 e. The topological polar surface area (TPSA) is 102 Å². The minimum Gasteiger partial charge on any atom is -0.493 e. The molecule has 0 spiro atoms. The number of methoxy groups -OCH3 is 3. The summed E-state index contributed by atoms with van der Waals surface area (Å²) in [5.74, 6) is 1.39. The largest absolute Gasteiger partial charge is 0.493 e. The summed E-state index contributed by atoms with van der Waals surface area (Å²) in [6, 6.07) is 16.7. The number of carbonyl (C=O) groups excluding carboxylic acids is 2. The van der Waals surface area contributed by atoms with Gasteiger partial charge in [0.2, 0.25) is 6.79 Å². The Morgan fingerprint density at radius 1 is 0.921 bits per heavy atom. The van der Waals surface area contributed by atoms with Crippen molar-refractivity contribution in [1.82, 2.24) is 5.32 Å². The molecule has 38 heavy (non-hydrogen) atoms. The quantitative estimate of drug-likeness (QED) is 0.299. The Morgan fingerprint density at radius 2 is 1.66 bits per heavy atom. The third-order valence-corrected chi connectivity index (χ3v) is 5.92. The van der Waals surface area contributed by atoms with E-state index in [1.54, 1.807) is 18.2 Å². The number of nitrogens with one attached hydrogen (secondary N) is 1. The molecule has 0 bridgehead atoms. The average molecular weight is 520 g/mol. The number of hydrogen-bond donors (Lipinski definition) is 1. The maximum absolute atomic E-state index is 12.6. The molecule has 198 valence electrons. The lowest BCUT2D eigenvalue weighted by Gasteiger charge is -2.14. The lowest BCUT2D eigenvalue weighted by Crippen LogP contribution is -2.26. The van der Waals surface area contributed by atoms with E-state index in [9.17, 15) is 9.59 Å². The van der Waals surface area contributed by atoms with Crippen LogP contribution in [0.1, 0.15) is 32.6 Å². The van der Waals surface area contributed by atoms with Gasteiger partial charge in [0.25, 0.3) is 0 Å². The van der Waals surface area contributed by atoms with Gasteiger partial charge >= 0.3 is 12.1 Å². The van der Waals surface area contributed by atoms with Crippen molar-refractivity contribution in [3.8, 4) is 23.0 Å². The molecular formula is C29H29NO8. The number of ether oxygens (including phenoxy) is 6. The molecule has 1 aliphatic rings. The number of alkyl carbamates (subject to hydrolysis) is 1. The van der Waals surface area contributed by atoms with E-state index < -0.39 is 12.1 Å². The zero-order valence-corrected chi connectivity index (χ0v) is 21.4. The Morgan fingerprint density at radius 3 is 2.37 bits per heavy atom. The van der Waals surface area contributed by atoms with Crippen molar-refractivity contribution in [1.29, 1.82) is 0 Å². The van der Waals surface area contributed by atoms with Gasteiger partial charge in [-0.2, -0.15) is 0 Å². The second-order valence-corrected chi connectivity index (χ2v) is 8.23. The Labute approximate surface area is 220 Å². The smallest absolute Gasteiger partial charge is 0.407 e. The average Bonchev–Trinajstić information content (AvgIpc) is 3.41. The summed E-state index contributed by atoms with van der Waals surface area (Å²) in [7, 11) is 4.27. The Kier molecular flexibility index (Phi) is 8.71. The molecule has 4 rings (SSSR count). The highest BCUT2D eigenvalue weighted by atomic mass is 16.7. The molecule has 0 radical (unpaired) electrons. The van der Waals surface area contributed by atoms with E-state index >= 15 is 0 Å². The zero-order valence-electron chi connectivity index (χ0n) is 21.4. The van der Waals surface area contributed by atoms with Crippen molar-refractivity contribution in [2.45, 2.75) is 13.0 Å². The Bertz CT molecular complexity index is 1320. The molecule has 1 aliphatic heterocycles. The number of fused-ring (bicyclic) bond motifs is 1. The summed E-state index contributed by atoms with van der Waals surface area (Å²) < 4.78 is 32.1. The van der Waals surface area contributed by atoms with Crippen LogP contribution in [0.5, 0.6) is 23.0 Å². The summed E-state index contributed by atoms with van der Waals surface area (Å²) in [5.41, 5.74) is 3.48. The van der Waals surface area contributed by atoms with Gasteiger partial charge in [-0.25, -0.2) is 9.59 Å². The van der Waals surface area contributed by atoms with Crippen LogP contribution in [0.2, 0.25) is 0 Å². The van der Waals surface area contributed by atoms with Crippen molar-refractivity contribution in [3.05, 3.63) is 82.4 Å². The molecule has 0 fully saturated rings. The number of benzene rings is 3. The number of carbonyl (C=O) groups is 2. The third-order valence-electron chi connectivity index (χ3n) is 5.92. The monoisotopic (exact) mass is 519 g/mol. The van der Waals surface area contributed by atoms with Crippen LogP contribution in [0.4, 0.5) is 4.79 Å². The first-order valence-electron chi connectivity index (χ1n) is 11.9. The van der Waals surface area contributed by atoms with Crippen LogP contribution in [0.15, 0.2) is 54.6 Å². The van der Waals surface area contributed by atoms with E-state index in [1.165, 1.54) is 21.3 Å². The van der Waals surface area contributed by atoms with Crippen molar-refractivity contribution >= 4 is 24.2 Å². The molecule has 0 saturated carbocycles. The highest BCUT2D eigenvalue weighted by molar-refractivity contribution is 5.98. The highest BCUT2D eigenvalue weighted by Crippen LogP contribution is 2.37. The van der Waals surface area contributed by atoms with Gasteiger partial charge in [-0.15, -0.1) is 0 Å². The van der Waals surface area contributed by atoms with Crippen molar-refractivity contribution in [3.63, 3.8) is 0 Å². The van der Waals surface area contributed by atoms with E-state index in [0.29, 0.717) is 35.8 Å². The maximum atomic E-state index is 12.6. The van der Waals surface area contributed by atoms with E-state index in [2.05, 4.69) is 5.32 Å². The first-order chi connectivity index (χ1) is 18.5. The van der Waals surface area contributed by atoms with Crippen LogP contribution in [0, 0.1) is 0 Å². The van der Waals surface area contributed by atoms with E-state index in [-0.39, 0.29) is 24.7 Å². The fourth-order valence-corrected chi connectivity index (χ4v) is 4.02. The number of rotatable bonds is 10. The third kappa shape index (κ3) is 6.18. The Hall–Kier alpha value is -4.66. The Balaban J connectivity index is 1.52. The second kappa shape index (κ2) is 12.5. The molecule has 0 saturated heterocycles. The molecule has 0 atom stereocenters. The fourth-order valence-electron chi connectivity index (χ4n) is 4.02. The SMILES string of the molecule is COC(=O)c1c(/C=C/c2cc3c(cc2CCNC(=O)OCc2ccccc2)OCO3)ccc(OC)c1OC. The van der Waals surface area contributed by atoms with E-state index in [0.717, 1.165) is 16.7 Å². The zero-order chi connectivity index (χ0) is 26.9. The number of amides is 1. The summed E-state index contributed by atoms with van der Waals surface area (Å²) in [6.07, 6.45) is 3.65. The van der Waals surface area contributed by atoms with Gasteiger partial charge < -0.3 is 33.7 Å². The van der Waals surface area contributed by atoms with Gasteiger partial charge in [-0.3, -0.25) is 0 Å². The summed E-state index contributed by atoms with van der Waals surface area (Å²) in [6.45, 7) is 0.671. The first kappa shape index (κ1) is 26.4. The molecule has 1 amide bonds.